The third-order valence-electron chi connectivity index (χ3n) is 11.0. The second-order valence-corrected chi connectivity index (χ2v) is 14.4. The summed E-state index contributed by atoms with van der Waals surface area (Å²) in [4.78, 5) is 38.1. The van der Waals surface area contributed by atoms with Gasteiger partial charge in [-0.05, 0) is 81.2 Å². The summed E-state index contributed by atoms with van der Waals surface area (Å²) in [5.74, 6) is 2.04. The molecule has 0 spiro atoms. The summed E-state index contributed by atoms with van der Waals surface area (Å²) in [6.07, 6.45) is 11.6. The molecule has 2 N–H and O–H groups in total. The number of carboxylic acid groups (broad SMARTS) is 1. The van der Waals surface area contributed by atoms with Gasteiger partial charge in [0.25, 0.3) is 0 Å². The number of nitrogens with zero attached hydrogens (tertiary/aromatic N) is 11. The standard InChI is InChI=1S/C18H22N6O.C13H19N5.C5H5NO2/c1-13-5-9-23(17(25)18(11-19)6-7-18)10-15(13)22(2)16-14-4-3-8-24(14)21-12-20-16;1-10-5-6-14-8-12(10)17(2)13-11-4-3-7-18(11)16-9-15-13;6-3-5(1-2-5)4(7)8/h3-4,8,12-13,15H,5-7,9-10H2,1-2H3;3-4,7,9-10,12,14H,5-6,8H2,1-2H3;1-2H2,(H,7,8)/t13-,15+;10-,12+;/m11./s1. The van der Waals surface area contributed by atoms with E-state index in [2.05, 4.69) is 68.3 Å². The zero-order valence-corrected chi connectivity index (χ0v) is 29.7. The fraction of sp³-hybridized carbons (Fsp3) is 0.556. The summed E-state index contributed by atoms with van der Waals surface area (Å²) in [5, 5.41) is 37.7. The van der Waals surface area contributed by atoms with Gasteiger partial charge in [-0.3, -0.25) is 9.59 Å². The second-order valence-electron chi connectivity index (χ2n) is 14.4. The van der Waals surface area contributed by atoms with Crippen LogP contribution in [0.4, 0.5) is 11.6 Å². The minimum Gasteiger partial charge on any atom is -0.480 e. The van der Waals surface area contributed by atoms with E-state index in [1.165, 1.54) is 6.42 Å². The van der Waals surface area contributed by atoms with Crippen molar-refractivity contribution in [2.45, 2.75) is 64.5 Å². The van der Waals surface area contributed by atoms with Crippen LogP contribution in [0.5, 0.6) is 0 Å². The number of hydrogen-bond acceptors (Lipinski definition) is 11. The van der Waals surface area contributed by atoms with Crippen LogP contribution < -0.4 is 15.1 Å². The van der Waals surface area contributed by atoms with Crippen LogP contribution in [-0.2, 0) is 9.59 Å². The molecule has 4 aromatic rings. The van der Waals surface area contributed by atoms with Crippen molar-refractivity contribution in [2.75, 3.05) is 50.1 Å². The van der Waals surface area contributed by atoms with Crippen molar-refractivity contribution in [2.24, 2.45) is 22.7 Å². The molecule has 2 saturated heterocycles. The number of piperidine rings is 2. The lowest BCUT2D eigenvalue weighted by Gasteiger charge is -2.42. The largest absolute Gasteiger partial charge is 0.480 e. The second kappa shape index (κ2) is 14.5. The van der Waals surface area contributed by atoms with Gasteiger partial charge in [0, 0.05) is 52.2 Å². The molecule has 4 aliphatic rings. The van der Waals surface area contributed by atoms with Crippen LogP contribution in [0.25, 0.3) is 11.0 Å². The monoisotopic (exact) mass is 694 g/mol. The lowest BCUT2D eigenvalue weighted by atomic mass is 9.91. The maximum absolute atomic E-state index is 12.8. The highest BCUT2D eigenvalue weighted by atomic mass is 16.4. The average molecular weight is 695 g/mol. The van der Waals surface area contributed by atoms with Crippen molar-refractivity contribution in [1.82, 2.24) is 39.4 Å². The van der Waals surface area contributed by atoms with Crippen LogP contribution in [0.2, 0.25) is 0 Å². The Kier molecular flexibility index (Phi) is 10.1. The fourth-order valence-corrected chi connectivity index (χ4v) is 7.09. The minimum atomic E-state index is -0.986. The number of aliphatic carboxylic acids is 1. The van der Waals surface area contributed by atoms with Crippen LogP contribution in [0.1, 0.15) is 52.4 Å². The summed E-state index contributed by atoms with van der Waals surface area (Å²) >= 11 is 0. The maximum Gasteiger partial charge on any atom is 0.324 e. The third-order valence-corrected chi connectivity index (χ3v) is 11.0. The molecule has 0 radical (unpaired) electrons. The lowest BCUT2D eigenvalue weighted by Crippen LogP contribution is -2.54. The molecule has 0 bridgehead atoms. The van der Waals surface area contributed by atoms with E-state index in [0.29, 0.717) is 50.1 Å². The Balaban J connectivity index is 0.000000150. The summed E-state index contributed by atoms with van der Waals surface area (Å²) in [7, 11) is 4.16. The Hall–Kier alpha value is -5.28. The number of fused-ring (bicyclic) bond motifs is 2. The molecule has 2 aliphatic carbocycles. The van der Waals surface area contributed by atoms with Crippen molar-refractivity contribution in [3.8, 4) is 12.1 Å². The Morgan fingerprint density at radius 2 is 1.39 bits per heavy atom. The predicted molar refractivity (Wildman–Crippen MR) is 190 cm³/mol. The van der Waals surface area contributed by atoms with E-state index < -0.39 is 16.8 Å². The number of rotatable bonds is 6. The molecule has 6 heterocycles. The van der Waals surface area contributed by atoms with Gasteiger partial charge in [0.05, 0.1) is 18.2 Å². The van der Waals surface area contributed by atoms with Crippen molar-refractivity contribution in [1.29, 1.82) is 10.5 Å². The number of likely N-dealkylation sites (tertiary alicyclic amines) is 1. The Morgan fingerprint density at radius 3 is 1.86 bits per heavy atom. The van der Waals surface area contributed by atoms with Crippen LogP contribution >= 0.6 is 0 Å². The highest BCUT2D eigenvalue weighted by Crippen LogP contribution is 2.47. The number of amides is 1. The smallest absolute Gasteiger partial charge is 0.324 e. The third kappa shape index (κ3) is 7.17. The number of nitrogens with one attached hydrogen (secondary N) is 1. The van der Waals surface area contributed by atoms with Crippen molar-refractivity contribution in [3.63, 3.8) is 0 Å². The van der Waals surface area contributed by atoms with E-state index in [4.69, 9.17) is 10.4 Å². The van der Waals surface area contributed by atoms with Gasteiger partial charge in [-0.15, -0.1) is 0 Å². The number of carbonyl (C=O) groups excluding carboxylic acids is 1. The number of carboxylic acids is 1. The maximum atomic E-state index is 12.8. The normalized spacial score (nSPS) is 24.1. The highest BCUT2D eigenvalue weighted by molar-refractivity contribution is 5.88. The van der Waals surface area contributed by atoms with Gasteiger partial charge in [-0.2, -0.15) is 20.7 Å². The van der Waals surface area contributed by atoms with Gasteiger partial charge < -0.3 is 25.1 Å². The van der Waals surface area contributed by atoms with Gasteiger partial charge in [0.2, 0.25) is 5.91 Å². The van der Waals surface area contributed by atoms with E-state index >= 15 is 0 Å². The van der Waals surface area contributed by atoms with Crippen LogP contribution in [-0.4, -0.2) is 103 Å². The molecule has 4 aromatic heterocycles. The number of anilines is 2. The minimum absolute atomic E-state index is 0.0100. The van der Waals surface area contributed by atoms with Gasteiger partial charge in [0.1, 0.15) is 29.1 Å². The first-order valence-corrected chi connectivity index (χ1v) is 17.6. The van der Waals surface area contributed by atoms with Crippen molar-refractivity contribution >= 4 is 34.5 Å². The zero-order valence-electron chi connectivity index (χ0n) is 29.7. The number of likely N-dealkylation sites (N-methyl/N-ethyl adjacent to an activating group) is 2. The summed E-state index contributed by atoms with van der Waals surface area (Å²) in [5.41, 5.74) is 0.294. The van der Waals surface area contributed by atoms with E-state index in [1.807, 2.05) is 51.6 Å². The quantitative estimate of drug-likeness (QED) is 0.301. The van der Waals surface area contributed by atoms with E-state index in [9.17, 15) is 14.9 Å². The van der Waals surface area contributed by atoms with Crippen molar-refractivity contribution < 1.29 is 14.7 Å². The lowest BCUT2D eigenvalue weighted by molar-refractivity contribution is -0.141. The molecule has 51 heavy (non-hydrogen) atoms. The number of carbonyl (C=O) groups is 2. The van der Waals surface area contributed by atoms with E-state index in [1.54, 1.807) is 18.7 Å². The SMILES string of the molecule is C[C@@H]1CCN(C(=O)C2(C#N)CC2)C[C@@H]1N(C)c1ncnn2cccc12.C[C@@H]1CCNC[C@@H]1N(C)c1ncnn2cccc12.N#CC1(C(=O)O)CC1. The predicted octanol–water partition coefficient (Wildman–Crippen LogP) is 3.24. The van der Waals surface area contributed by atoms with Crippen molar-refractivity contribution in [3.05, 3.63) is 49.3 Å². The molecule has 2 aliphatic heterocycles. The van der Waals surface area contributed by atoms with Gasteiger partial charge in [0.15, 0.2) is 17.1 Å². The van der Waals surface area contributed by atoms with Crippen LogP contribution in [0.3, 0.4) is 0 Å². The van der Waals surface area contributed by atoms with E-state index in [-0.39, 0.29) is 11.9 Å². The van der Waals surface area contributed by atoms with Crippen LogP contribution in [0.15, 0.2) is 49.3 Å². The number of nitriles is 2. The van der Waals surface area contributed by atoms with Crippen LogP contribution in [0, 0.1) is 45.3 Å². The molecule has 1 amide bonds. The number of aromatic nitrogens is 6. The highest BCUT2D eigenvalue weighted by Gasteiger charge is 2.53. The topological polar surface area (TPSA) is 184 Å². The average Bonchev–Trinajstić information content (AvgIpc) is 4.03. The summed E-state index contributed by atoms with van der Waals surface area (Å²) in [6, 6.07) is 12.7. The molecular formula is C36H46N12O3. The molecular weight excluding hydrogens is 648 g/mol. The molecule has 15 nitrogen and oxygen atoms in total. The molecule has 4 atom stereocenters. The molecule has 268 valence electrons. The molecule has 8 rings (SSSR count). The Bertz CT molecular complexity index is 1950. The first-order valence-electron chi connectivity index (χ1n) is 17.6. The Morgan fingerprint density at radius 1 is 0.863 bits per heavy atom. The molecule has 2 saturated carbocycles. The van der Waals surface area contributed by atoms with Gasteiger partial charge in [-0.1, -0.05) is 13.8 Å². The summed E-state index contributed by atoms with van der Waals surface area (Å²) in [6.45, 7) is 8.05. The molecule has 15 heteroatoms. The van der Waals surface area contributed by atoms with Gasteiger partial charge in [-0.25, -0.2) is 19.0 Å². The number of hydrogen-bond donors (Lipinski definition) is 2. The first kappa shape index (κ1) is 35.5. The van der Waals surface area contributed by atoms with Gasteiger partial charge >= 0.3 is 5.97 Å². The fourth-order valence-electron chi connectivity index (χ4n) is 7.09. The molecule has 0 unspecified atom stereocenters. The summed E-state index contributed by atoms with van der Waals surface area (Å²) < 4.78 is 3.68. The Labute approximate surface area is 297 Å². The molecule has 0 aromatic carbocycles. The molecule has 4 fully saturated rings. The first-order chi connectivity index (χ1) is 24.5. The van der Waals surface area contributed by atoms with E-state index in [0.717, 1.165) is 48.7 Å². The zero-order chi connectivity index (χ0) is 36.3.